The molecule has 1 heterocycles. The summed E-state index contributed by atoms with van der Waals surface area (Å²) < 4.78 is 1.82. The van der Waals surface area contributed by atoms with Gasteiger partial charge >= 0.3 is 0 Å². The molecule has 0 atom stereocenters. The van der Waals surface area contributed by atoms with E-state index in [1.54, 1.807) is 0 Å². The molecular formula is C20H18N3O3-. The molecule has 0 bridgehead atoms. The normalized spacial score (nSPS) is 12.9. The molecule has 0 unspecified atom stereocenters. The molecule has 132 valence electrons. The van der Waals surface area contributed by atoms with E-state index in [1.165, 1.54) is 24.3 Å². The van der Waals surface area contributed by atoms with Crippen molar-refractivity contribution in [2.75, 3.05) is 0 Å². The fourth-order valence-electron chi connectivity index (χ4n) is 2.47. The second-order valence-corrected chi connectivity index (χ2v) is 5.78. The van der Waals surface area contributed by atoms with Gasteiger partial charge in [0.05, 0.1) is 18.4 Å². The van der Waals surface area contributed by atoms with Crippen molar-refractivity contribution in [3.63, 3.8) is 0 Å². The van der Waals surface area contributed by atoms with E-state index >= 15 is 0 Å². The van der Waals surface area contributed by atoms with E-state index in [0.29, 0.717) is 12.1 Å². The minimum atomic E-state index is -0.465. The highest BCUT2D eigenvalue weighted by atomic mass is 16.8. The van der Waals surface area contributed by atoms with Crippen LogP contribution in [0.4, 0.5) is 0 Å². The maximum atomic E-state index is 10.7. The molecule has 26 heavy (non-hydrogen) atoms. The Morgan fingerprint density at radius 3 is 2.23 bits per heavy atom. The highest BCUT2D eigenvalue weighted by Gasteiger charge is 2.07. The summed E-state index contributed by atoms with van der Waals surface area (Å²) in [6.07, 6.45) is 9.51. The minimum Gasteiger partial charge on any atom is -0.612 e. The molecule has 0 saturated heterocycles. The summed E-state index contributed by atoms with van der Waals surface area (Å²) in [4.78, 5) is 4.07. The van der Waals surface area contributed by atoms with E-state index in [1.807, 2.05) is 59.4 Å². The van der Waals surface area contributed by atoms with Crippen LogP contribution < -0.4 is 5.36 Å². The summed E-state index contributed by atoms with van der Waals surface area (Å²) in [5, 5.41) is 32.4. The molecule has 1 aromatic heterocycles. The SMILES string of the molecule is [O-][N+]([O-])=C1C=CC(=C(O)Cn2ccc(=NCc3ccccc3)cc2)C=C1. The van der Waals surface area contributed by atoms with Gasteiger partial charge in [0.15, 0.2) is 0 Å². The number of allylic oxidation sites excluding steroid dienone is 6. The number of hydrogen-bond donors (Lipinski definition) is 1. The van der Waals surface area contributed by atoms with Crippen molar-refractivity contribution in [1.82, 2.24) is 4.57 Å². The first kappa shape index (κ1) is 17.3. The topological polar surface area (TPSA) is 86.6 Å². The lowest BCUT2D eigenvalue weighted by Gasteiger charge is -2.11. The number of hydrogen-bond acceptors (Lipinski definition) is 4. The zero-order valence-corrected chi connectivity index (χ0v) is 14.0. The van der Waals surface area contributed by atoms with Crippen LogP contribution in [0.2, 0.25) is 0 Å². The quantitative estimate of drug-likeness (QED) is 0.523. The maximum Gasteiger partial charge on any atom is 0.222 e. The van der Waals surface area contributed by atoms with Crippen LogP contribution in [0, 0.1) is 10.4 Å². The van der Waals surface area contributed by atoms with Gasteiger partial charge in [-0.1, -0.05) is 30.3 Å². The van der Waals surface area contributed by atoms with Gasteiger partial charge in [-0.3, -0.25) is 4.99 Å². The van der Waals surface area contributed by atoms with E-state index in [0.717, 1.165) is 10.9 Å². The van der Waals surface area contributed by atoms with Crippen LogP contribution in [0.1, 0.15) is 5.56 Å². The Bertz CT molecular complexity index is 925. The molecular weight excluding hydrogens is 330 g/mol. The first-order valence-corrected chi connectivity index (χ1v) is 8.12. The molecule has 0 amide bonds. The third kappa shape index (κ3) is 4.51. The highest BCUT2D eigenvalue weighted by molar-refractivity contribution is 6.02. The van der Waals surface area contributed by atoms with E-state index in [4.69, 9.17) is 0 Å². The summed E-state index contributed by atoms with van der Waals surface area (Å²) in [6, 6.07) is 13.8. The summed E-state index contributed by atoms with van der Waals surface area (Å²) >= 11 is 0. The second kappa shape index (κ2) is 8.02. The lowest BCUT2D eigenvalue weighted by Crippen LogP contribution is -2.10. The summed E-state index contributed by atoms with van der Waals surface area (Å²) in [6.45, 7) is 0.891. The van der Waals surface area contributed by atoms with E-state index in [9.17, 15) is 15.5 Å². The maximum absolute atomic E-state index is 10.7. The largest absolute Gasteiger partial charge is 0.612 e. The van der Waals surface area contributed by atoms with Gasteiger partial charge in [-0.15, -0.1) is 0 Å². The number of aromatic nitrogens is 1. The Balaban J connectivity index is 1.68. The van der Waals surface area contributed by atoms with Crippen molar-refractivity contribution in [1.29, 1.82) is 0 Å². The van der Waals surface area contributed by atoms with E-state index in [2.05, 4.69) is 4.99 Å². The smallest absolute Gasteiger partial charge is 0.222 e. The molecule has 6 nitrogen and oxygen atoms in total. The number of aliphatic hydroxyl groups is 1. The van der Waals surface area contributed by atoms with Gasteiger partial charge < -0.3 is 20.1 Å². The van der Waals surface area contributed by atoms with E-state index < -0.39 is 4.90 Å². The summed E-state index contributed by atoms with van der Waals surface area (Å²) in [5.41, 5.74) is 1.70. The lowest BCUT2D eigenvalue weighted by molar-refractivity contribution is -0.377. The first-order chi connectivity index (χ1) is 12.6. The Labute approximate surface area is 150 Å². The number of pyridine rings is 1. The van der Waals surface area contributed by atoms with Gasteiger partial charge in [0, 0.05) is 30.1 Å². The Hall–Kier alpha value is -3.54. The molecule has 1 aromatic carbocycles. The van der Waals surface area contributed by atoms with Gasteiger partial charge in [-0.25, -0.2) is 0 Å². The van der Waals surface area contributed by atoms with Crippen molar-refractivity contribution in [2.24, 2.45) is 4.99 Å². The first-order valence-electron chi connectivity index (χ1n) is 8.12. The number of benzene rings is 1. The molecule has 1 aliphatic carbocycles. The van der Waals surface area contributed by atoms with Crippen LogP contribution in [0.25, 0.3) is 0 Å². The molecule has 3 rings (SSSR count). The van der Waals surface area contributed by atoms with Crippen molar-refractivity contribution >= 4 is 5.71 Å². The van der Waals surface area contributed by atoms with Gasteiger partial charge in [-0.05, 0) is 29.8 Å². The zero-order chi connectivity index (χ0) is 18.4. The Kier molecular flexibility index (Phi) is 5.34. The number of rotatable bonds is 4. The monoisotopic (exact) mass is 348 g/mol. The van der Waals surface area contributed by atoms with Crippen molar-refractivity contribution in [3.8, 4) is 0 Å². The number of nitrogens with zero attached hydrogens (tertiary/aromatic N) is 3. The second-order valence-electron chi connectivity index (χ2n) is 5.78. The third-order valence-corrected chi connectivity index (χ3v) is 3.90. The van der Waals surface area contributed by atoms with Gasteiger partial charge in [0.2, 0.25) is 5.71 Å². The van der Waals surface area contributed by atoms with Crippen LogP contribution in [-0.4, -0.2) is 20.3 Å². The van der Waals surface area contributed by atoms with Crippen molar-refractivity contribution in [3.05, 3.63) is 112 Å². The van der Waals surface area contributed by atoms with Crippen LogP contribution >= 0.6 is 0 Å². The molecule has 0 radical (unpaired) electrons. The predicted octanol–water partition coefficient (Wildman–Crippen LogP) is 2.98. The van der Waals surface area contributed by atoms with Crippen LogP contribution in [0.15, 0.2) is 95.5 Å². The Morgan fingerprint density at radius 2 is 1.62 bits per heavy atom. The fraction of sp³-hybridized carbons (Fsp3) is 0.100. The average Bonchev–Trinajstić information content (AvgIpc) is 2.68. The van der Waals surface area contributed by atoms with Crippen molar-refractivity contribution < 1.29 is 10.0 Å². The summed E-state index contributed by atoms with van der Waals surface area (Å²) in [5.74, 6) is 0.138. The molecule has 1 N–H and O–H groups in total. The molecule has 0 spiro atoms. The van der Waals surface area contributed by atoms with Gasteiger partial charge in [0.25, 0.3) is 0 Å². The van der Waals surface area contributed by atoms with Crippen LogP contribution in [-0.2, 0) is 13.1 Å². The van der Waals surface area contributed by atoms with Gasteiger partial charge in [0.1, 0.15) is 5.76 Å². The molecule has 2 aromatic rings. The molecule has 1 aliphatic rings. The highest BCUT2D eigenvalue weighted by Crippen LogP contribution is 2.12. The molecule has 0 saturated carbocycles. The number of aliphatic hydroxyl groups excluding tert-OH is 1. The third-order valence-electron chi connectivity index (χ3n) is 3.90. The summed E-state index contributed by atoms with van der Waals surface area (Å²) in [7, 11) is 0. The standard InChI is InChI=1S/C20H18N3O3/c24-20(17-6-8-19(9-7-17)23(25)26)15-22-12-10-18(11-13-22)21-14-16-4-2-1-3-5-16/h1-13H,14-15H2,(H-,24,25,26)/q-1. The zero-order valence-electron chi connectivity index (χ0n) is 14.0. The molecule has 0 fully saturated rings. The fourth-order valence-corrected chi connectivity index (χ4v) is 2.47. The van der Waals surface area contributed by atoms with Crippen LogP contribution in [0.3, 0.4) is 0 Å². The van der Waals surface area contributed by atoms with Gasteiger partial charge in [-0.2, -0.15) is 4.90 Å². The van der Waals surface area contributed by atoms with E-state index in [-0.39, 0.29) is 18.0 Å². The lowest BCUT2D eigenvalue weighted by atomic mass is 10.1. The van der Waals surface area contributed by atoms with Crippen LogP contribution in [0.5, 0.6) is 0 Å². The minimum absolute atomic E-state index is 0.00131. The average molecular weight is 348 g/mol. The predicted molar refractivity (Wildman–Crippen MR) is 100 cm³/mol. The molecule has 0 aliphatic heterocycles. The molecule has 6 heteroatoms. The van der Waals surface area contributed by atoms with Crippen molar-refractivity contribution in [2.45, 2.75) is 13.1 Å². The Morgan fingerprint density at radius 1 is 0.962 bits per heavy atom.